The lowest BCUT2D eigenvalue weighted by Gasteiger charge is -2.18. The van der Waals surface area contributed by atoms with Crippen molar-refractivity contribution in [1.82, 2.24) is 5.43 Å². The summed E-state index contributed by atoms with van der Waals surface area (Å²) in [7, 11) is 1.83. The minimum Gasteiger partial charge on any atom is -0.388 e. The third kappa shape index (κ3) is 10.1. The number of rotatable bonds is 13. The number of benzene rings is 1. The number of nitrogens with one attached hydrogen (secondary N) is 1. The third-order valence-electron chi connectivity index (χ3n) is 4.88. The molecule has 0 amide bonds. The van der Waals surface area contributed by atoms with Gasteiger partial charge >= 0.3 is 0 Å². The molecule has 1 rings (SSSR count). The Kier molecular flexibility index (Phi) is 11.7. The van der Waals surface area contributed by atoms with Crippen LogP contribution in [0.25, 0.3) is 0 Å². The van der Waals surface area contributed by atoms with E-state index in [0.29, 0.717) is 0 Å². The number of aliphatic hydroxyl groups excluding tert-OH is 1. The molecular weight excluding hydrogens is 308 g/mol. The largest absolute Gasteiger partial charge is 0.388 e. The molecule has 2 N–H and O–H groups in total. The van der Waals surface area contributed by atoms with Crippen LogP contribution in [0.1, 0.15) is 76.9 Å². The molecule has 0 aromatic heterocycles. The van der Waals surface area contributed by atoms with Crippen molar-refractivity contribution in [2.75, 3.05) is 7.05 Å². The maximum absolute atomic E-state index is 10.3. The monoisotopic (exact) mass is 344 g/mol. The minimum absolute atomic E-state index is 0.332. The molecular formula is C22H36N2O. The summed E-state index contributed by atoms with van der Waals surface area (Å²) in [6.07, 6.45) is 12.9. The predicted molar refractivity (Wildman–Crippen MR) is 109 cm³/mol. The van der Waals surface area contributed by atoms with Gasteiger partial charge in [-0.15, -0.1) is 0 Å². The molecule has 0 aliphatic rings. The SMILES string of the molecule is C/C=C(\C)CC[C@@H](CCC/C=N\NC)CCCC(O)c1ccccc1. The summed E-state index contributed by atoms with van der Waals surface area (Å²) in [5.74, 6) is 0.737. The minimum atomic E-state index is -0.332. The van der Waals surface area contributed by atoms with Crippen molar-refractivity contribution in [3.63, 3.8) is 0 Å². The van der Waals surface area contributed by atoms with Crippen LogP contribution in [-0.4, -0.2) is 18.4 Å². The summed E-state index contributed by atoms with van der Waals surface area (Å²) in [5.41, 5.74) is 5.31. The quantitative estimate of drug-likeness (QED) is 0.211. The van der Waals surface area contributed by atoms with Gasteiger partial charge < -0.3 is 10.5 Å². The highest BCUT2D eigenvalue weighted by molar-refractivity contribution is 5.56. The first kappa shape index (κ1) is 21.4. The summed E-state index contributed by atoms with van der Waals surface area (Å²) < 4.78 is 0. The fraction of sp³-hybridized carbons (Fsp3) is 0.591. The second-order valence-electron chi connectivity index (χ2n) is 6.86. The second-order valence-corrected chi connectivity index (χ2v) is 6.86. The maximum Gasteiger partial charge on any atom is 0.0790 e. The van der Waals surface area contributed by atoms with Crippen LogP contribution >= 0.6 is 0 Å². The van der Waals surface area contributed by atoms with E-state index in [1.54, 1.807) is 0 Å². The van der Waals surface area contributed by atoms with Gasteiger partial charge in [-0.25, -0.2) is 0 Å². The Morgan fingerprint density at radius 2 is 1.84 bits per heavy atom. The van der Waals surface area contributed by atoms with E-state index in [9.17, 15) is 5.11 Å². The third-order valence-corrected chi connectivity index (χ3v) is 4.88. The molecule has 0 aliphatic carbocycles. The van der Waals surface area contributed by atoms with Crippen LogP contribution in [0.4, 0.5) is 0 Å². The van der Waals surface area contributed by atoms with Crippen molar-refractivity contribution in [2.45, 2.75) is 71.3 Å². The molecule has 0 radical (unpaired) electrons. The summed E-state index contributed by atoms with van der Waals surface area (Å²) in [5, 5.41) is 14.4. The van der Waals surface area contributed by atoms with E-state index in [-0.39, 0.29) is 6.10 Å². The first-order valence-electron chi connectivity index (χ1n) is 9.70. The molecule has 0 saturated carbocycles. The van der Waals surface area contributed by atoms with E-state index in [1.807, 2.05) is 43.6 Å². The van der Waals surface area contributed by atoms with Crippen molar-refractivity contribution in [2.24, 2.45) is 11.0 Å². The highest BCUT2D eigenvalue weighted by Gasteiger charge is 2.12. The number of allylic oxidation sites excluding steroid dienone is 2. The van der Waals surface area contributed by atoms with E-state index in [1.165, 1.54) is 37.7 Å². The molecule has 0 fully saturated rings. The number of hydrazone groups is 1. The lowest BCUT2D eigenvalue weighted by molar-refractivity contribution is 0.160. The van der Waals surface area contributed by atoms with Crippen molar-refractivity contribution in [3.05, 3.63) is 47.5 Å². The van der Waals surface area contributed by atoms with Crippen LogP contribution in [0.5, 0.6) is 0 Å². The van der Waals surface area contributed by atoms with Gasteiger partial charge in [0.05, 0.1) is 6.10 Å². The summed E-state index contributed by atoms with van der Waals surface area (Å²) in [4.78, 5) is 0. The molecule has 3 nitrogen and oxygen atoms in total. The van der Waals surface area contributed by atoms with Crippen LogP contribution in [0.15, 0.2) is 47.1 Å². The normalized spacial score (nSPS) is 14.6. The molecule has 1 unspecified atom stereocenters. The fourth-order valence-corrected chi connectivity index (χ4v) is 3.10. The van der Waals surface area contributed by atoms with Crippen LogP contribution in [0, 0.1) is 5.92 Å². The van der Waals surface area contributed by atoms with Crippen LogP contribution < -0.4 is 5.43 Å². The summed E-state index contributed by atoms with van der Waals surface area (Å²) >= 11 is 0. The Bertz CT molecular complexity index is 496. The lowest BCUT2D eigenvalue weighted by atomic mass is 9.89. The number of unbranched alkanes of at least 4 members (excludes halogenated alkanes) is 1. The first-order chi connectivity index (χ1) is 12.2. The fourth-order valence-electron chi connectivity index (χ4n) is 3.10. The number of nitrogens with zero attached hydrogens (tertiary/aromatic N) is 1. The molecule has 0 saturated heterocycles. The zero-order valence-corrected chi connectivity index (χ0v) is 16.2. The van der Waals surface area contributed by atoms with Gasteiger partial charge in [0.1, 0.15) is 0 Å². The molecule has 3 heteroatoms. The average Bonchev–Trinajstić information content (AvgIpc) is 2.65. The lowest BCUT2D eigenvalue weighted by Crippen LogP contribution is -2.04. The van der Waals surface area contributed by atoms with Gasteiger partial charge in [-0.1, -0.05) is 61.2 Å². The summed E-state index contributed by atoms with van der Waals surface area (Å²) in [6.45, 7) is 4.34. The predicted octanol–water partition coefficient (Wildman–Crippen LogP) is 5.63. The number of aliphatic hydroxyl groups is 1. The zero-order chi connectivity index (χ0) is 18.3. The van der Waals surface area contributed by atoms with E-state index < -0.39 is 0 Å². The van der Waals surface area contributed by atoms with Crippen LogP contribution in [0.2, 0.25) is 0 Å². The molecule has 1 aromatic carbocycles. The molecule has 2 atom stereocenters. The Balaban J connectivity index is 2.38. The van der Waals surface area contributed by atoms with Crippen molar-refractivity contribution in [1.29, 1.82) is 0 Å². The van der Waals surface area contributed by atoms with Crippen molar-refractivity contribution >= 4 is 6.21 Å². The molecule has 25 heavy (non-hydrogen) atoms. The summed E-state index contributed by atoms with van der Waals surface area (Å²) in [6, 6.07) is 10.0. The molecule has 0 spiro atoms. The Hall–Kier alpha value is -1.61. The van der Waals surface area contributed by atoms with Gasteiger partial charge in [-0.05, 0) is 57.4 Å². The zero-order valence-electron chi connectivity index (χ0n) is 16.2. The Labute approximate surface area is 154 Å². The maximum atomic E-state index is 10.3. The van der Waals surface area contributed by atoms with Gasteiger partial charge in [0.2, 0.25) is 0 Å². The second kappa shape index (κ2) is 13.7. The van der Waals surface area contributed by atoms with E-state index in [4.69, 9.17) is 0 Å². The highest BCUT2D eigenvalue weighted by Crippen LogP contribution is 2.26. The van der Waals surface area contributed by atoms with E-state index >= 15 is 0 Å². The Morgan fingerprint density at radius 1 is 1.12 bits per heavy atom. The van der Waals surface area contributed by atoms with Crippen LogP contribution in [0.3, 0.4) is 0 Å². The van der Waals surface area contributed by atoms with Crippen molar-refractivity contribution < 1.29 is 5.11 Å². The van der Waals surface area contributed by atoms with E-state index in [2.05, 4.69) is 30.5 Å². The first-order valence-corrected chi connectivity index (χ1v) is 9.70. The van der Waals surface area contributed by atoms with Crippen molar-refractivity contribution in [3.8, 4) is 0 Å². The highest BCUT2D eigenvalue weighted by atomic mass is 16.3. The molecule has 1 aromatic rings. The smallest absolute Gasteiger partial charge is 0.0790 e. The average molecular weight is 345 g/mol. The number of hydrogen-bond donors (Lipinski definition) is 2. The van der Waals surface area contributed by atoms with E-state index in [0.717, 1.165) is 30.7 Å². The molecule has 0 aliphatic heterocycles. The Morgan fingerprint density at radius 3 is 2.52 bits per heavy atom. The van der Waals surface area contributed by atoms with Gasteiger partial charge in [0, 0.05) is 13.3 Å². The number of hydrogen-bond acceptors (Lipinski definition) is 3. The molecule has 0 bridgehead atoms. The van der Waals surface area contributed by atoms with Crippen LogP contribution in [-0.2, 0) is 0 Å². The topological polar surface area (TPSA) is 44.6 Å². The van der Waals surface area contributed by atoms with Gasteiger partial charge in [0.15, 0.2) is 0 Å². The molecule has 0 heterocycles. The van der Waals surface area contributed by atoms with Gasteiger partial charge in [-0.2, -0.15) is 5.10 Å². The van der Waals surface area contributed by atoms with Gasteiger partial charge in [-0.3, -0.25) is 0 Å². The molecule has 140 valence electrons. The standard InChI is InChI=1S/C22H36N2O/c1-4-19(2)16-17-20(11-8-9-18-24-23-3)12-10-15-22(25)21-13-6-5-7-14-21/h4-7,13-14,18,20,22-23,25H,8-12,15-17H2,1-3H3/b19-4+,24-18-/t20-,22?/m0/s1. The van der Waals surface area contributed by atoms with Gasteiger partial charge in [0.25, 0.3) is 0 Å².